The van der Waals surface area contributed by atoms with Gasteiger partial charge in [0.05, 0.1) is 0 Å². The molecule has 18 heavy (non-hydrogen) atoms. The molecule has 1 aliphatic carbocycles. The van der Waals surface area contributed by atoms with E-state index in [0.717, 1.165) is 11.6 Å². The number of nitrogens with zero attached hydrogens (tertiary/aromatic N) is 1. The maximum absolute atomic E-state index is 11.6. The van der Waals surface area contributed by atoms with Crippen LogP contribution in [0.4, 0.5) is 0 Å². The molecule has 0 aliphatic heterocycles. The van der Waals surface area contributed by atoms with Crippen molar-refractivity contribution >= 4 is 5.91 Å². The third-order valence-electron chi connectivity index (χ3n) is 2.61. The Hall–Kier alpha value is -1.35. The zero-order valence-corrected chi connectivity index (χ0v) is 10.4. The second-order valence-electron chi connectivity index (χ2n) is 4.06. The lowest BCUT2D eigenvalue weighted by Crippen LogP contribution is -2.35. The average Bonchev–Trinajstić information content (AvgIpc) is 2.41. The predicted octanol–water partition coefficient (Wildman–Crippen LogP) is 2.72. The maximum atomic E-state index is 11.6. The van der Waals surface area contributed by atoms with Crippen molar-refractivity contribution in [2.45, 2.75) is 20.0 Å². The first-order valence-electron chi connectivity index (χ1n) is 5.94. The summed E-state index contributed by atoms with van der Waals surface area (Å²) in [7, 11) is 0. The standard InChI is InChI=1S/C15H16NO2/c1-13(17)16(15-10-6-3-7-11-15)18-12-14-8-4-2-5-9-14/h2-10H,11-12H2,1H3. The number of carbonyl (C=O) groups excluding carboxylic acids is 1. The Bertz CT molecular complexity index is 371. The van der Waals surface area contributed by atoms with Crippen LogP contribution in [0.15, 0.2) is 30.3 Å². The number of rotatable bonds is 4. The summed E-state index contributed by atoms with van der Waals surface area (Å²) in [5.41, 5.74) is 1.04. The van der Waals surface area contributed by atoms with Crippen LogP contribution in [0.3, 0.4) is 0 Å². The molecule has 0 unspecified atom stereocenters. The van der Waals surface area contributed by atoms with Crippen molar-refractivity contribution < 1.29 is 9.63 Å². The molecule has 93 valence electrons. The van der Waals surface area contributed by atoms with E-state index >= 15 is 0 Å². The lowest BCUT2D eigenvalue weighted by molar-refractivity contribution is -0.185. The zero-order valence-electron chi connectivity index (χ0n) is 10.4. The smallest absolute Gasteiger partial charge is 0.243 e. The van der Waals surface area contributed by atoms with Crippen molar-refractivity contribution in [1.82, 2.24) is 5.06 Å². The van der Waals surface area contributed by atoms with Crippen molar-refractivity contribution in [2.75, 3.05) is 0 Å². The minimum absolute atomic E-state index is 0.110. The van der Waals surface area contributed by atoms with E-state index in [1.54, 1.807) is 0 Å². The zero-order chi connectivity index (χ0) is 12.8. The number of amides is 1. The van der Waals surface area contributed by atoms with Crippen LogP contribution in [0.1, 0.15) is 18.9 Å². The monoisotopic (exact) mass is 242 g/mol. The first kappa shape index (κ1) is 13.1. The molecule has 3 heteroatoms. The second kappa shape index (κ2) is 6.55. The number of benzene rings is 1. The van der Waals surface area contributed by atoms with Gasteiger partial charge in [-0.15, -0.1) is 0 Å². The van der Waals surface area contributed by atoms with E-state index in [1.165, 1.54) is 12.0 Å². The van der Waals surface area contributed by atoms with E-state index < -0.39 is 0 Å². The van der Waals surface area contributed by atoms with E-state index in [9.17, 15) is 4.79 Å². The van der Waals surface area contributed by atoms with Crippen molar-refractivity contribution in [3.8, 4) is 0 Å². The summed E-state index contributed by atoms with van der Waals surface area (Å²) in [5, 5.41) is 1.37. The molecular weight excluding hydrogens is 226 g/mol. The molecule has 2 rings (SSSR count). The highest BCUT2D eigenvalue weighted by molar-refractivity contribution is 5.74. The molecule has 0 N–H and O–H groups in total. The second-order valence-corrected chi connectivity index (χ2v) is 4.06. The van der Waals surface area contributed by atoms with Crippen molar-refractivity contribution in [2.24, 2.45) is 0 Å². The van der Waals surface area contributed by atoms with Gasteiger partial charge in [0.2, 0.25) is 5.91 Å². The van der Waals surface area contributed by atoms with Crippen LogP contribution in [-0.4, -0.2) is 11.0 Å². The summed E-state index contributed by atoms with van der Waals surface area (Å²) >= 11 is 0. The Labute approximate surface area is 109 Å². The summed E-state index contributed by atoms with van der Waals surface area (Å²) in [6.45, 7) is 1.89. The van der Waals surface area contributed by atoms with Crippen LogP contribution in [0.5, 0.6) is 0 Å². The fourth-order valence-corrected chi connectivity index (χ4v) is 1.74. The molecule has 1 amide bonds. The highest BCUT2D eigenvalue weighted by atomic mass is 16.7. The van der Waals surface area contributed by atoms with Crippen LogP contribution in [0.25, 0.3) is 0 Å². The molecule has 5 radical (unpaired) electrons. The Balaban J connectivity index is 1.92. The van der Waals surface area contributed by atoms with Crippen LogP contribution in [0, 0.1) is 31.7 Å². The Morgan fingerprint density at radius 1 is 1.28 bits per heavy atom. The van der Waals surface area contributed by atoms with Crippen LogP contribution < -0.4 is 0 Å². The predicted molar refractivity (Wildman–Crippen MR) is 68.8 cm³/mol. The summed E-state index contributed by atoms with van der Waals surface area (Å²) in [4.78, 5) is 17.2. The number of carbonyl (C=O) groups is 1. The fraction of sp³-hybridized carbons (Fsp3) is 0.200. The summed E-state index contributed by atoms with van der Waals surface area (Å²) in [6.07, 6.45) is 8.47. The lowest BCUT2D eigenvalue weighted by atomic mass is 9.95. The third-order valence-corrected chi connectivity index (χ3v) is 2.61. The molecular formula is C15H16NO2. The van der Waals surface area contributed by atoms with Gasteiger partial charge in [-0.1, -0.05) is 30.3 Å². The SMILES string of the molecule is CC(=O)N(OCc1ccccc1)[C]1[CH][CH][CH][CH]C1. The van der Waals surface area contributed by atoms with Crippen molar-refractivity contribution in [3.05, 3.63) is 67.6 Å². The molecule has 3 nitrogen and oxygen atoms in total. The molecule has 0 bridgehead atoms. The molecule has 0 heterocycles. The van der Waals surface area contributed by atoms with Gasteiger partial charge >= 0.3 is 0 Å². The largest absolute Gasteiger partial charge is 0.273 e. The van der Waals surface area contributed by atoms with Crippen LogP contribution >= 0.6 is 0 Å². The van der Waals surface area contributed by atoms with Gasteiger partial charge in [0.15, 0.2) is 0 Å². The fourth-order valence-electron chi connectivity index (χ4n) is 1.74. The normalized spacial score (nSPS) is 16.5. The van der Waals surface area contributed by atoms with E-state index in [1.807, 2.05) is 56.0 Å². The van der Waals surface area contributed by atoms with Gasteiger partial charge in [-0.3, -0.25) is 9.63 Å². The minimum atomic E-state index is -0.110. The molecule has 1 aliphatic rings. The van der Waals surface area contributed by atoms with Crippen molar-refractivity contribution in [3.63, 3.8) is 0 Å². The van der Waals surface area contributed by atoms with E-state index in [4.69, 9.17) is 4.84 Å². The van der Waals surface area contributed by atoms with Crippen molar-refractivity contribution in [1.29, 1.82) is 0 Å². The lowest BCUT2D eigenvalue weighted by Gasteiger charge is -2.30. The van der Waals surface area contributed by atoms with E-state index in [0.29, 0.717) is 13.0 Å². The Morgan fingerprint density at radius 2 is 2.06 bits per heavy atom. The molecule has 1 fully saturated rings. The number of hydrogen-bond donors (Lipinski definition) is 0. The third kappa shape index (κ3) is 3.57. The Kier molecular flexibility index (Phi) is 4.76. The summed E-state index contributed by atoms with van der Waals surface area (Å²) < 4.78 is 0. The van der Waals surface area contributed by atoms with Crippen LogP contribution in [-0.2, 0) is 16.2 Å². The van der Waals surface area contributed by atoms with Gasteiger partial charge in [-0.25, -0.2) is 5.06 Å². The highest BCUT2D eigenvalue weighted by Gasteiger charge is 2.25. The van der Waals surface area contributed by atoms with Gasteiger partial charge in [0.25, 0.3) is 0 Å². The maximum Gasteiger partial charge on any atom is 0.243 e. The van der Waals surface area contributed by atoms with Crippen LogP contribution in [0.2, 0.25) is 0 Å². The van der Waals surface area contributed by atoms with Gasteiger partial charge in [-0.2, -0.15) is 0 Å². The molecule has 0 spiro atoms. The van der Waals surface area contributed by atoms with Gasteiger partial charge in [0, 0.05) is 6.92 Å². The van der Waals surface area contributed by atoms with Gasteiger partial charge in [-0.05, 0) is 37.7 Å². The first-order valence-corrected chi connectivity index (χ1v) is 5.94. The molecule has 0 aromatic heterocycles. The molecule has 0 saturated heterocycles. The minimum Gasteiger partial charge on any atom is -0.273 e. The summed E-state index contributed by atoms with van der Waals surface area (Å²) in [5.74, 6) is -0.110. The van der Waals surface area contributed by atoms with Gasteiger partial charge in [0.1, 0.15) is 12.6 Å². The molecule has 1 saturated carbocycles. The summed E-state index contributed by atoms with van der Waals surface area (Å²) in [6, 6.07) is 10.7. The topological polar surface area (TPSA) is 29.5 Å². The van der Waals surface area contributed by atoms with E-state index in [-0.39, 0.29) is 5.91 Å². The highest BCUT2D eigenvalue weighted by Crippen LogP contribution is 2.27. The average molecular weight is 242 g/mol. The quantitative estimate of drug-likeness (QED) is 0.760. The first-order chi connectivity index (χ1) is 8.77. The van der Waals surface area contributed by atoms with E-state index in [2.05, 4.69) is 0 Å². The van der Waals surface area contributed by atoms with Gasteiger partial charge < -0.3 is 0 Å². The number of hydroxylamine groups is 2. The molecule has 1 aromatic carbocycles. The number of hydrogen-bond acceptors (Lipinski definition) is 2. The molecule has 0 atom stereocenters. The Morgan fingerprint density at radius 3 is 2.67 bits per heavy atom. The molecule has 1 aromatic rings.